The van der Waals surface area contributed by atoms with Crippen LogP contribution in [0.25, 0.3) is 11.0 Å². The maximum atomic E-state index is 8.51. The second kappa shape index (κ2) is 5.48. The Hall–Kier alpha value is -1.59. The summed E-state index contributed by atoms with van der Waals surface area (Å²) < 4.78 is 5.12. The molecule has 0 spiro atoms. The molecule has 0 saturated carbocycles. The Balaban J connectivity index is 1.85. The van der Waals surface area contributed by atoms with E-state index >= 15 is 0 Å². The van der Waals surface area contributed by atoms with Gasteiger partial charge in [0, 0.05) is 6.54 Å². The van der Waals surface area contributed by atoms with Gasteiger partial charge in [0.2, 0.25) is 5.95 Å². The number of ether oxygens (including phenoxy) is 1. The van der Waals surface area contributed by atoms with E-state index < -0.39 is 0 Å². The molecule has 0 aliphatic carbocycles. The maximum Gasteiger partial charge on any atom is 0.201 e. The van der Waals surface area contributed by atoms with Crippen molar-refractivity contribution in [3.8, 4) is 0 Å². The molecule has 1 aromatic heterocycles. The molecule has 0 fully saturated rings. The number of hydrogen-bond donors (Lipinski definition) is 3. The highest BCUT2D eigenvalue weighted by atomic mass is 16.5. The van der Waals surface area contributed by atoms with Gasteiger partial charge in [0.15, 0.2) is 0 Å². The van der Waals surface area contributed by atoms with Gasteiger partial charge in [-0.25, -0.2) is 4.98 Å². The summed E-state index contributed by atoms with van der Waals surface area (Å²) in [6, 6.07) is 7.86. The van der Waals surface area contributed by atoms with Crippen molar-refractivity contribution >= 4 is 17.0 Å². The van der Waals surface area contributed by atoms with Crippen molar-refractivity contribution in [2.24, 2.45) is 0 Å². The lowest BCUT2D eigenvalue weighted by molar-refractivity contribution is 0.0991. The Morgan fingerprint density at radius 3 is 3.00 bits per heavy atom. The number of aromatic amines is 1. The van der Waals surface area contributed by atoms with E-state index in [9.17, 15) is 0 Å². The molecule has 5 nitrogen and oxygen atoms in total. The number of benzene rings is 1. The smallest absolute Gasteiger partial charge is 0.201 e. The van der Waals surface area contributed by atoms with Crippen LogP contribution in [0, 0.1) is 0 Å². The first-order chi connectivity index (χ1) is 7.90. The Bertz CT molecular complexity index is 408. The Morgan fingerprint density at radius 1 is 1.31 bits per heavy atom. The first kappa shape index (κ1) is 10.9. The number of aliphatic hydroxyl groups excluding tert-OH is 1. The van der Waals surface area contributed by atoms with Gasteiger partial charge in [-0.15, -0.1) is 0 Å². The number of aromatic nitrogens is 2. The molecule has 16 heavy (non-hydrogen) atoms. The van der Waals surface area contributed by atoms with Crippen molar-refractivity contribution in [3.63, 3.8) is 0 Å². The molecule has 0 atom stereocenters. The zero-order valence-corrected chi connectivity index (χ0v) is 8.94. The van der Waals surface area contributed by atoms with Crippen molar-refractivity contribution in [2.45, 2.75) is 0 Å². The molecular formula is C11H15N3O2. The van der Waals surface area contributed by atoms with Gasteiger partial charge in [0.05, 0.1) is 30.9 Å². The van der Waals surface area contributed by atoms with Gasteiger partial charge in [-0.3, -0.25) is 0 Å². The van der Waals surface area contributed by atoms with E-state index in [0.717, 1.165) is 17.0 Å². The summed E-state index contributed by atoms with van der Waals surface area (Å²) in [5.41, 5.74) is 1.96. The molecule has 5 heteroatoms. The molecule has 0 amide bonds. The fourth-order valence-electron chi connectivity index (χ4n) is 1.44. The third-order valence-corrected chi connectivity index (χ3v) is 2.16. The van der Waals surface area contributed by atoms with E-state index in [1.165, 1.54) is 0 Å². The molecule has 0 bridgehead atoms. The normalized spacial score (nSPS) is 10.8. The van der Waals surface area contributed by atoms with Crippen molar-refractivity contribution < 1.29 is 9.84 Å². The molecule has 0 unspecified atom stereocenters. The standard InChI is InChI=1S/C11H15N3O2/c15-6-8-16-7-5-12-11-13-9-3-1-2-4-10(9)14-11/h1-4,15H,5-8H2,(H2,12,13,14). The van der Waals surface area contributed by atoms with Crippen LogP contribution < -0.4 is 5.32 Å². The van der Waals surface area contributed by atoms with E-state index in [-0.39, 0.29) is 6.61 Å². The summed E-state index contributed by atoms with van der Waals surface area (Å²) in [6.07, 6.45) is 0. The molecule has 1 heterocycles. The zero-order chi connectivity index (χ0) is 11.2. The van der Waals surface area contributed by atoms with Crippen LogP contribution in [-0.4, -0.2) is 41.4 Å². The van der Waals surface area contributed by atoms with Crippen LogP contribution in [0.3, 0.4) is 0 Å². The minimum atomic E-state index is 0.0602. The van der Waals surface area contributed by atoms with Gasteiger partial charge >= 0.3 is 0 Å². The predicted molar refractivity (Wildman–Crippen MR) is 62.5 cm³/mol. The number of para-hydroxylation sites is 2. The summed E-state index contributed by atoms with van der Waals surface area (Å²) in [5, 5.41) is 11.6. The largest absolute Gasteiger partial charge is 0.394 e. The van der Waals surface area contributed by atoms with E-state index in [2.05, 4.69) is 15.3 Å². The lowest BCUT2D eigenvalue weighted by atomic mass is 10.3. The van der Waals surface area contributed by atoms with Crippen LogP contribution in [0.4, 0.5) is 5.95 Å². The Labute approximate surface area is 93.5 Å². The van der Waals surface area contributed by atoms with Crippen LogP contribution >= 0.6 is 0 Å². The van der Waals surface area contributed by atoms with E-state index in [4.69, 9.17) is 9.84 Å². The van der Waals surface area contributed by atoms with Gasteiger partial charge in [-0.1, -0.05) is 12.1 Å². The number of nitrogens with one attached hydrogen (secondary N) is 2. The number of rotatable bonds is 6. The summed E-state index contributed by atoms with van der Waals surface area (Å²) >= 11 is 0. The summed E-state index contributed by atoms with van der Waals surface area (Å²) in [7, 11) is 0. The maximum absolute atomic E-state index is 8.51. The minimum absolute atomic E-state index is 0.0602. The molecule has 2 aromatic rings. The number of nitrogens with zero attached hydrogens (tertiary/aromatic N) is 1. The molecule has 1 aromatic carbocycles. The molecule has 3 N–H and O–H groups in total. The molecule has 0 aliphatic heterocycles. The van der Waals surface area contributed by atoms with Crippen LogP contribution in [0.1, 0.15) is 0 Å². The average Bonchev–Trinajstić information content (AvgIpc) is 2.71. The van der Waals surface area contributed by atoms with Crippen LogP contribution in [-0.2, 0) is 4.74 Å². The van der Waals surface area contributed by atoms with Crippen molar-refractivity contribution in [1.29, 1.82) is 0 Å². The number of H-pyrrole nitrogens is 1. The van der Waals surface area contributed by atoms with Gasteiger partial charge in [0.25, 0.3) is 0 Å². The third kappa shape index (κ3) is 2.71. The lowest BCUT2D eigenvalue weighted by Crippen LogP contribution is -2.11. The highest BCUT2D eigenvalue weighted by Gasteiger charge is 1.99. The van der Waals surface area contributed by atoms with Crippen molar-refractivity contribution in [2.75, 3.05) is 31.7 Å². The van der Waals surface area contributed by atoms with Crippen molar-refractivity contribution in [3.05, 3.63) is 24.3 Å². The second-order valence-electron chi connectivity index (χ2n) is 3.37. The number of anilines is 1. The van der Waals surface area contributed by atoms with Crippen LogP contribution in [0.5, 0.6) is 0 Å². The number of hydrogen-bond acceptors (Lipinski definition) is 4. The highest BCUT2D eigenvalue weighted by Crippen LogP contribution is 2.12. The molecule has 0 saturated heterocycles. The minimum Gasteiger partial charge on any atom is -0.394 e. The number of fused-ring (bicyclic) bond motifs is 1. The van der Waals surface area contributed by atoms with Gasteiger partial charge < -0.3 is 20.1 Å². The number of aliphatic hydroxyl groups is 1. The Kier molecular flexibility index (Phi) is 3.74. The molecule has 86 valence electrons. The Morgan fingerprint density at radius 2 is 2.19 bits per heavy atom. The van der Waals surface area contributed by atoms with Crippen LogP contribution in [0.2, 0.25) is 0 Å². The van der Waals surface area contributed by atoms with Crippen molar-refractivity contribution in [1.82, 2.24) is 9.97 Å². The molecule has 2 rings (SSSR count). The van der Waals surface area contributed by atoms with Crippen LogP contribution in [0.15, 0.2) is 24.3 Å². The van der Waals surface area contributed by atoms with Gasteiger partial charge in [0.1, 0.15) is 0 Å². The van der Waals surface area contributed by atoms with E-state index in [1.807, 2.05) is 24.3 Å². The third-order valence-electron chi connectivity index (χ3n) is 2.16. The lowest BCUT2D eigenvalue weighted by Gasteiger charge is -2.02. The molecule has 0 radical (unpaired) electrons. The van der Waals surface area contributed by atoms with E-state index in [1.54, 1.807) is 0 Å². The fraction of sp³-hybridized carbons (Fsp3) is 0.364. The first-order valence-corrected chi connectivity index (χ1v) is 5.27. The molecule has 0 aliphatic rings. The second-order valence-corrected chi connectivity index (χ2v) is 3.37. The summed E-state index contributed by atoms with van der Waals surface area (Å²) in [4.78, 5) is 7.52. The topological polar surface area (TPSA) is 70.2 Å². The average molecular weight is 221 g/mol. The monoisotopic (exact) mass is 221 g/mol. The summed E-state index contributed by atoms with van der Waals surface area (Å²) in [5.74, 6) is 0.744. The van der Waals surface area contributed by atoms with Gasteiger partial charge in [-0.2, -0.15) is 0 Å². The quantitative estimate of drug-likeness (QED) is 0.636. The molecular weight excluding hydrogens is 206 g/mol. The fourth-order valence-corrected chi connectivity index (χ4v) is 1.44. The zero-order valence-electron chi connectivity index (χ0n) is 8.94. The van der Waals surface area contributed by atoms with E-state index in [0.29, 0.717) is 19.8 Å². The highest BCUT2D eigenvalue weighted by molar-refractivity contribution is 5.77. The number of imidazole rings is 1. The SMILES string of the molecule is OCCOCCNc1nc2ccccc2[nH]1. The summed E-state index contributed by atoms with van der Waals surface area (Å²) in [6.45, 7) is 1.66. The van der Waals surface area contributed by atoms with Gasteiger partial charge in [-0.05, 0) is 12.1 Å². The predicted octanol–water partition coefficient (Wildman–Crippen LogP) is 0.984. The first-order valence-electron chi connectivity index (χ1n) is 5.27.